The van der Waals surface area contributed by atoms with E-state index in [1.807, 2.05) is 17.5 Å². The van der Waals surface area contributed by atoms with Gasteiger partial charge in [0.2, 0.25) is 0 Å². The Morgan fingerprint density at radius 3 is 1.74 bits per heavy atom. The normalized spacial score (nSPS) is 10.6. The largest absolute Gasteiger partial charge is 0.392 e. The minimum absolute atomic E-state index is 0.162. The van der Waals surface area contributed by atoms with Crippen LogP contribution in [-0.4, -0.2) is 11.7 Å². The van der Waals surface area contributed by atoms with E-state index >= 15 is 0 Å². The van der Waals surface area contributed by atoms with Gasteiger partial charge in [0.1, 0.15) is 11.6 Å². The summed E-state index contributed by atoms with van der Waals surface area (Å²) < 4.78 is 26.5. The number of benzene rings is 2. The quantitative estimate of drug-likeness (QED) is 0.716. The molecule has 0 unspecified atom stereocenters. The lowest BCUT2D eigenvalue weighted by molar-refractivity contribution is 0.351. The van der Waals surface area contributed by atoms with Gasteiger partial charge < -0.3 is 5.11 Å². The second-order valence-corrected chi connectivity index (χ2v) is 5.95. The number of halogens is 2. The van der Waals surface area contributed by atoms with E-state index in [4.69, 9.17) is 0 Å². The van der Waals surface area contributed by atoms with E-state index in [9.17, 15) is 13.9 Å². The van der Waals surface area contributed by atoms with Gasteiger partial charge in [0, 0.05) is 10.5 Å². The maximum Gasteiger partial charge on any atom is 0.123 e. The monoisotopic (exact) mass is 328 g/mol. The van der Waals surface area contributed by atoms with Crippen molar-refractivity contribution in [3.63, 3.8) is 0 Å². The molecule has 3 aromatic rings. The van der Waals surface area contributed by atoms with E-state index < -0.39 is 0 Å². The first-order chi connectivity index (χ1) is 11.2. The SMILES string of the molecule is OCC(=C(c1ccc(F)cc1)c1ccc(F)cc1)c1cccs1. The summed E-state index contributed by atoms with van der Waals surface area (Å²) in [6, 6.07) is 16.0. The third-order valence-electron chi connectivity index (χ3n) is 3.54. The first-order valence-electron chi connectivity index (χ1n) is 7.09. The molecule has 0 bridgehead atoms. The summed E-state index contributed by atoms with van der Waals surface area (Å²) in [5.74, 6) is -0.650. The van der Waals surface area contributed by atoms with Crippen molar-refractivity contribution in [2.45, 2.75) is 0 Å². The molecular weight excluding hydrogens is 314 g/mol. The van der Waals surface area contributed by atoms with Gasteiger partial charge in [0.15, 0.2) is 0 Å². The van der Waals surface area contributed by atoms with Gasteiger partial charge in [-0.3, -0.25) is 0 Å². The first-order valence-corrected chi connectivity index (χ1v) is 7.97. The molecule has 3 rings (SSSR count). The zero-order valence-corrected chi connectivity index (χ0v) is 13.0. The van der Waals surface area contributed by atoms with Crippen LogP contribution in [0, 0.1) is 11.6 Å². The molecule has 1 N–H and O–H groups in total. The lowest BCUT2D eigenvalue weighted by Crippen LogP contribution is -1.98. The molecule has 0 amide bonds. The van der Waals surface area contributed by atoms with E-state index in [0.717, 1.165) is 27.2 Å². The van der Waals surface area contributed by atoms with Crippen molar-refractivity contribution in [3.05, 3.63) is 93.7 Å². The highest BCUT2D eigenvalue weighted by atomic mass is 32.1. The van der Waals surface area contributed by atoms with Crippen molar-refractivity contribution in [2.24, 2.45) is 0 Å². The van der Waals surface area contributed by atoms with Gasteiger partial charge in [0.25, 0.3) is 0 Å². The predicted molar refractivity (Wildman–Crippen MR) is 90.1 cm³/mol. The van der Waals surface area contributed by atoms with E-state index in [1.165, 1.54) is 35.6 Å². The van der Waals surface area contributed by atoms with Crippen molar-refractivity contribution in [2.75, 3.05) is 6.61 Å². The molecule has 0 radical (unpaired) electrons. The van der Waals surface area contributed by atoms with Crippen LogP contribution in [0.4, 0.5) is 8.78 Å². The molecular formula is C19H14F2OS. The maximum absolute atomic E-state index is 13.2. The number of aliphatic hydroxyl groups is 1. The van der Waals surface area contributed by atoms with Crippen LogP contribution in [0.3, 0.4) is 0 Å². The second kappa shape index (κ2) is 6.86. The summed E-state index contributed by atoms with van der Waals surface area (Å²) in [6.07, 6.45) is 0. The second-order valence-electron chi connectivity index (χ2n) is 5.00. The Morgan fingerprint density at radius 2 is 1.35 bits per heavy atom. The third-order valence-corrected chi connectivity index (χ3v) is 4.47. The fourth-order valence-electron chi connectivity index (χ4n) is 2.48. The Bertz CT molecular complexity index is 756. The Labute approximate surface area is 137 Å². The van der Waals surface area contributed by atoms with Gasteiger partial charge in [-0.15, -0.1) is 11.3 Å². The van der Waals surface area contributed by atoms with E-state index in [1.54, 1.807) is 24.3 Å². The van der Waals surface area contributed by atoms with E-state index in [0.29, 0.717) is 0 Å². The fraction of sp³-hybridized carbons (Fsp3) is 0.0526. The number of thiophene rings is 1. The van der Waals surface area contributed by atoms with Crippen molar-refractivity contribution in [1.29, 1.82) is 0 Å². The fourth-order valence-corrected chi connectivity index (χ4v) is 3.25. The molecule has 1 aromatic heterocycles. The Hall–Kier alpha value is -2.30. The number of rotatable bonds is 4. The molecule has 0 atom stereocenters. The van der Waals surface area contributed by atoms with E-state index in [-0.39, 0.29) is 18.2 Å². The van der Waals surface area contributed by atoms with Crippen LogP contribution in [0.5, 0.6) is 0 Å². The number of hydrogen-bond donors (Lipinski definition) is 1. The predicted octanol–water partition coefficient (Wildman–Crippen LogP) is 4.98. The summed E-state index contributed by atoms with van der Waals surface area (Å²) in [4.78, 5) is 0.927. The number of hydrogen-bond acceptors (Lipinski definition) is 2. The first kappa shape index (κ1) is 15.6. The molecule has 23 heavy (non-hydrogen) atoms. The summed E-state index contributed by atoms with van der Waals surface area (Å²) in [6.45, 7) is -0.162. The summed E-state index contributed by atoms with van der Waals surface area (Å²) >= 11 is 1.51. The van der Waals surface area contributed by atoms with Crippen LogP contribution in [0.15, 0.2) is 66.0 Å². The Balaban J connectivity index is 2.24. The lowest BCUT2D eigenvalue weighted by Gasteiger charge is -2.14. The van der Waals surface area contributed by atoms with Crippen molar-refractivity contribution < 1.29 is 13.9 Å². The highest BCUT2D eigenvalue weighted by Gasteiger charge is 2.14. The van der Waals surface area contributed by atoms with E-state index in [2.05, 4.69) is 0 Å². The molecule has 116 valence electrons. The van der Waals surface area contributed by atoms with Crippen LogP contribution >= 0.6 is 11.3 Å². The van der Waals surface area contributed by atoms with Crippen molar-refractivity contribution in [3.8, 4) is 0 Å². The lowest BCUT2D eigenvalue weighted by atomic mass is 9.92. The molecule has 2 aromatic carbocycles. The zero-order valence-electron chi connectivity index (χ0n) is 12.2. The summed E-state index contributed by atoms with van der Waals surface area (Å²) in [5.41, 5.74) is 3.05. The van der Waals surface area contributed by atoms with Gasteiger partial charge in [-0.25, -0.2) is 8.78 Å². The summed E-state index contributed by atoms with van der Waals surface area (Å²) in [5, 5.41) is 11.8. The molecule has 0 spiro atoms. The van der Waals surface area contributed by atoms with Crippen LogP contribution in [-0.2, 0) is 0 Å². The van der Waals surface area contributed by atoms with Gasteiger partial charge >= 0.3 is 0 Å². The average Bonchev–Trinajstić information content (AvgIpc) is 3.09. The molecule has 0 aliphatic rings. The maximum atomic E-state index is 13.2. The Morgan fingerprint density at radius 1 is 0.826 bits per heavy atom. The molecule has 0 saturated carbocycles. The van der Waals surface area contributed by atoms with Gasteiger partial charge in [-0.2, -0.15) is 0 Å². The van der Waals surface area contributed by atoms with Crippen LogP contribution < -0.4 is 0 Å². The highest BCUT2D eigenvalue weighted by molar-refractivity contribution is 7.11. The van der Waals surface area contributed by atoms with Gasteiger partial charge in [0.05, 0.1) is 6.61 Å². The molecule has 0 aliphatic heterocycles. The van der Waals surface area contributed by atoms with Gasteiger partial charge in [-0.1, -0.05) is 30.3 Å². The molecule has 1 nitrogen and oxygen atoms in total. The minimum Gasteiger partial charge on any atom is -0.392 e. The standard InChI is InChI=1S/C19H14F2OS/c20-15-7-3-13(4-8-15)19(14-5-9-16(21)10-6-14)17(12-22)18-2-1-11-23-18/h1-11,22H,12H2. The highest BCUT2D eigenvalue weighted by Crippen LogP contribution is 2.34. The van der Waals surface area contributed by atoms with Crippen molar-refractivity contribution >= 4 is 22.5 Å². The topological polar surface area (TPSA) is 20.2 Å². The minimum atomic E-state index is -0.325. The third kappa shape index (κ3) is 3.38. The van der Waals surface area contributed by atoms with Crippen LogP contribution in [0.1, 0.15) is 16.0 Å². The van der Waals surface area contributed by atoms with Crippen LogP contribution in [0.2, 0.25) is 0 Å². The van der Waals surface area contributed by atoms with Gasteiger partial charge in [-0.05, 0) is 52.4 Å². The smallest absolute Gasteiger partial charge is 0.123 e. The zero-order chi connectivity index (χ0) is 16.2. The molecule has 1 heterocycles. The molecule has 0 fully saturated rings. The summed E-state index contributed by atoms with van der Waals surface area (Å²) in [7, 11) is 0. The van der Waals surface area contributed by atoms with Crippen molar-refractivity contribution in [1.82, 2.24) is 0 Å². The molecule has 0 saturated heterocycles. The number of aliphatic hydroxyl groups excluding tert-OH is 1. The van der Waals surface area contributed by atoms with Crippen LogP contribution in [0.25, 0.3) is 11.1 Å². The molecule has 0 aliphatic carbocycles. The average molecular weight is 328 g/mol. The molecule has 4 heteroatoms. The Kier molecular flexibility index (Phi) is 4.65.